The van der Waals surface area contributed by atoms with Gasteiger partial charge in [0.15, 0.2) is 0 Å². The van der Waals surface area contributed by atoms with Gasteiger partial charge in [0.2, 0.25) is 0 Å². The van der Waals surface area contributed by atoms with E-state index >= 15 is 0 Å². The number of rotatable bonds is 3. The van der Waals surface area contributed by atoms with Crippen molar-refractivity contribution >= 4 is 6.21 Å². The van der Waals surface area contributed by atoms with Crippen molar-refractivity contribution in [2.75, 3.05) is 0 Å². The minimum atomic E-state index is 0.495. The highest BCUT2D eigenvalue weighted by Crippen LogP contribution is 2.05. The third-order valence-electron chi connectivity index (χ3n) is 1.08. The van der Waals surface area contributed by atoms with Crippen LogP contribution in [0.15, 0.2) is 35.6 Å². The molecule has 0 aliphatic carbocycles. The summed E-state index contributed by atoms with van der Waals surface area (Å²) in [6.45, 7) is 7.53. The summed E-state index contributed by atoms with van der Waals surface area (Å²) >= 11 is 0. The number of hydrogen-bond donors (Lipinski definition) is 2. The van der Waals surface area contributed by atoms with Crippen LogP contribution in [-0.2, 0) is 0 Å². The normalized spacial score (nSPS) is 10.5. The van der Waals surface area contributed by atoms with Crippen LogP contribution in [0.25, 0.3) is 0 Å². The van der Waals surface area contributed by atoms with E-state index in [0.29, 0.717) is 5.70 Å². The zero-order valence-electron chi connectivity index (χ0n) is 7.02. The molecule has 0 saturated carbocycles. The molecule has 0 radical (unpaired) electrons. The lowest BCUT2D eigenvalue weighted by Crippen LogP contribution is -1.97. The molecular weight excluding hydrogens is 136 g/mol. The molecule has 2 nitrogen and oxygen atoms in total. The van der Waals surface area contributed by atoms with Crippen molar-refractivity contribution in [2.24, 2.45) is 5.73 Å². The molecule has 0 fully saturated rings. The van der Waals surface area contributed by atoms with E-state index in [1.54, 1.807) is 6.08 Å². The number of nitrogens with one attached hydrogen (secondary N) is 1. The van der Waals surface area contributed by atoms with Crippen molar-refractivity contribution in [2.45, 2.75) is 13.8 Å². The van der Waals surface area contributed by atoms with Crippen LogP contribution in [-0.4, -0.2) is 6.21 Å². The van der Waals surface area contributed by atoms with Gasteiger partial charge in [0.1, 0.15) is 0 Å². The predicted molar refractivity (Wildman–Crippen MR) is 49.6 cm³/mol. The molecule has 2 heteroatoms. The van der Waals surface area contributed by atoms with Crippen molar-refractivity contribution < 1.29 is 0 Å². The molecular formula is C9H14N2. The molecule has 0 saturated heterocycles. The molecule has 0 amide bonds. The van der Waals surface area contributed by atoms with Gasteiger partial charge in [-0.1, -0.05) is 18.2 Å². The molecule has 60 valence electrons. The first-order valence-electron chi connectivity index (χ1n) is 3.38. The first-order chi connectivity index (χ1) is 5.07. The molecule has 0 aromatic carbocycles. The van der Waals surface area contributed by atoms with Gasteiger partial charge in [0.25, 0.3) is 0 Å². The van der Waals surface area contributed by atoms with Crippen molar-refractivity contribution in [1.82, 2.24) is 0 Å². The average molecular weight is 150 g/mol. The van der Waals surface area contributed by atoms with Crippen LogP contribution in [0.2, 0.25) is 0 Å². The number of allylic oxidation sites excluding steroid dienone is 3. The predicted octanol–water partition coefficient (Wildman–Crippen LogP) is 2.00. The van der Waals surface area contributed by atoms with E-state index in [-0.39, 0.29) is 0 Å². The number of hydrogen-bond acceptors (Lipinski definition) is 2. The lowest BCUT2D eigenvalue weighted by molar-refractivity contribution is 1.32. The van der Waals surface area contributed by atoms with E-state index in [1.165, 1.54) is 6.21 Å². The monoisotopic (exact) mass is 150 g/mol. The Balaban J connectivity index is 4.63. The Morgan fingerprint density at radius 1 is 1.45 bits per heavy atom. The Bertz CT molecular complexity index is 218. The van der Waals surface area contributed by atoms with Gasteiger partial charge in [-0.05, 0) is 25.5 Å². The summed E-state index contributed by atoms with van der Waals surface area (Å²) in [5.41, 5.74) is 7.90. The molecule has 0 bridgehead atoms. The third-order valence-corrected chi connectivity index (χ3v) is 1.08. The van der Waals surface area contributed by atoms with Crippen LogP contribution in [0, 0.1) is 5.41 Å². The third kappa shape index (κ3) is 4.14. The quantitative estimate of drug-likeness (QED) is 0.469. The van der Waals surface area contributed by atoms with Crippen LogP contribution < -0.4 is 5.73 Å². The van der Waals surface area contributed by atoms with Gasteiger partial charge in [-0.2, -0.15) is 0 Å². The van der Waals surface area contributed by atoms with Crippen LogP contribution in [0.3, 0.4) is 0 Å². The summed E-state index contributed by atoms with van der Waals surface area (Å²) in [5, 5.41) is 6.84. The van der Waals surface area contributed by atoms with E-state index in [0.717, 1.165) is 11.1 Å². The van der Waals surface area contributed by atoms with Crippen molar-refractivity contribution in [3.63, 3.8) is 0 Å². The summed E-state index contributed by atoms with van der Waals surface area (Å²) < 4.78 is 0. The van der Waals surface area contributed by atoms with Crippen molar-refractivity contribution in [3.05, 3.63) is 35.6 Å². The van der Waals surface area contributed by atoms with E-state index in [1.807, 2.05) is 19.9 Å². The van der Waals surface area contributed by atoms with Crippen LogP contribution in [0.4, 0.5) is 0 Å². The highest BCUT2D eigenvalue weighted by molar-refractivity contribution is 5.71. The van der Waals surface area contributed by atoms with Gasteiger partial charge in [0, 0.05) is 11.9 Å². The van der Waals surface area contributed by atoms with Gasteiger partial charge < -0.3 is 11.1 Å². The summed E-state index contributed by atoms with van der Waals surface area (Å²) in [6.07, 6.45) is 4.72. The molecule has 0 aliphatic rings. The molecule has 0 spiro atoms. The van der Waals surface area contributed by atoms with Gasteiger partial charge in [-0.15, -0.1) is 0 Å². The Labute approximate surface area is 67.6 Å². The second-order valence-corrected chi connectivity index (χ2v) is 2.54. The Morgan fingerprint density at radius 2 is 2.00 bits per heavy atom. The minimum absolute atomic E-state index is 0.495. The molecule has 0 rings (SSSR count). The molecule has 0 aromatic heterocycles. The maximum absolute atomic E-state index is 6.84. The molecule has 0 heterocycles. The van der Waals surface area contributed by atoms with Crippen LogP contribution in [0.5, 0.6) is 0 Å². The fraction of sp³-hybridized carbons (Fsp3) is 0.222. The second kappa shape index (κ2) is 4.50. The van der Waals surface area contributed by atoms with Gasteiger partial charge in [0.05, 0.1) is 0 Å². The largest absolute Gasteiger partial charge is 0.399 e. The van der Waals surface area contributed by atoms with Crippen LogP contribution in [0.1, 0.15) is 13.8 Å². The minimum Gasteiger partial charge on any atom is -0.399 e. The smallest absolute Gasteiger partial charge is 0.0315 e. The maximum atomic E-state index is 6.84. The summed E-state index contributed by atoms with van der Waals surface area (Å²) in [5.74, 6) is 0. The van der Waals surface area contributed by atoms with Crippen molar-refractivity contribution in [3.8, 4) is 0 Å². The lowest BCUT2D eigenvalue weighted by atomic mass is 10.1. The van der Waals surface area contributed by atoms with Gasteiger partial charge in [-0.3, -0.25) is 0 Å². The molecule has 0 aliphatic heterocycles. The number of nitrogens with two attached hydrogens (primary N) is 1. The highest BCUT2D eigenvalue weighted by Gasteiger charge is 1.91. The van der Waals surface area contributed by atoms with E-state index in [9.17, 15) is 0 Å². The zero-order chi connectivity index (χ0) is 8.85. The van der Waals surface area contributed by atoms with E-state index < -0.39 is 0 Å². The van der Waals surface area contributed by atoms with Crippen LogP contribution >= 0.6 is 0 Å². The fourth-order valence-electron chi connectivity index (χ4n) is 0.649. The SMILES string of the molecule is C=C(N)/C(C=C(C)C)=C/C=N. The first-order valence-corrected chi connectivity index (χ1v) is 3.38. The summed E-state index contributed by atoms with van der Waals surface area (Å²) in [4.78, 5) is 0. The van der Waals surface area contributed by atoms with Gasteiger partial charge in [-0.25, -0.2) is 0 Å². The first kappa shape index (κ1) is 9.69. The summed E-state index contributed by atoms with van der Waals surface area (Å²) in [7, 11) is 0. The second-order valence-electron chi connectivity index (χ2n) is 2.54. The van der Waals surface area contributed by atoms with Gasteiger partial charge >= 0.3 is 0 Å². The molecule has 3 N–H and O–H groups in total. The summed E-state index contributed by atoms with van der Waals surface area (Å²) in [6, 6.07) is 0. The zero-order valence-corrected chi connectivity index (χ0v) is 7.02. The fourth-order valence-corrected chi connectivity index (χ4v) is 0.649. The van der Waals surface area contributed by atoms with Crippen molar-refractivity contribution in [1.29, 1.82) is 5.41 Å². The maximum Gasteiger partial charge on any atom is 0.0315 e. The molecule has 0 atom stereocenters. The Hall–Kier alpha value is -1.31. The Morgan fingerprint density at radius 3 is 2.27 bits per heavy atom. The lowest BCUT2D eigenvalue weighted by Gasteiger charge is -1.99. The topological polar surface area (TPSA) is 49.9 Å². The van der Waals surface area contributed by atoms with E-state index in [4.69, 9.17) is 11.1 Å². The molecule has 0 unspecified atom stereocenters. The molecule has 11 heavy (non-hydrogen) atoms. The Kier molecular flexibility index (Phi) is 3.96. The highest BCUT2D eigenvalue weighted by atomic mass is 14.6. The average Bonchev–Trinajstić information content (AvgIpc) is 1.86. The standard InChI is InChI=1S/C9H14N2/c1-7(2)6-9(4-5-10)8(3)11/h4-6,10H,3,11H2,1-2H3/b9-4+,10-5?. The van der Waals surface area contributed by atoms with E-state index in [2.05, 4.69) is 6.58 Å². The molecule has 0 aromatic rings.